The van der Waals surface area contributed by atoms with Crippen molar-refractivity contribution in [3.8, 4) is 11.5 Å². The highest BCUT2D eigenvalue weighted by Gasteiger charge is 2.15. The molecule has 0 amide bonds. The Labute approximate surface area is 104 Å². The van der Waals surface area contributed by atoms with Crippen LogP contribution in [-0.2, 0) is 6.54 Å². The number of nitrogens with one attached hydrogen (secondary N) is 1. The molecule has 0 atom stereocenters. The third-order valence-electron chi connectivity index (χ3n) is 2.09. The van der Waals surface area contributed by atoms with Crippen molar-refractivity contribution in [1.82, 2.24) is 15.5 Å². The minimum absolute atomic E-state index is 0.00190. The van der Waals surface area contributed by atoms with Crippen LogP contribution in [0.25, 0.3) is 11.5 Å². The first kappa shape index (κ1) is 12.1. The van der Waals surface area contributed by atoms with Gasteiger partial charge in [0.2, 0.25) is 11.1 Å². The molecule has 0 fully saturated rings. The minimum Gasteiger partial charge on any atom is -0.452 e. The van der Waals surface area contributed by atoms with E-state index in [0.717, 1.165) is 0 Å². The second kappa shape index (κ2) is 4.50. The molecule has 17 heavy (non-hydrogen) atoms. The fraction of sp³-hybridized carbons (Fsp3) is 0.455. The van der Waals surface area contributed by atoms with Gasteiger partial charge in [-0.25, -0.2) is 0 Å². The van der Waals surface area contributed by atoms with E-state index in [9.17, 15) is 0 Å². The van der Waals surface area contributed by atoms with Crippen molar-refractivity contribution in [2.24, 2.45) is 0 Å². The number of aromatic nitrogens is 2. The first-order valence-corrected chi connectivity index (χ1v) is 5.64. The smallest absolute Gasteiger partial charge is 0.252 e. The molecule has 6 heteroatoms. The molecule has 2 aromatic rings. The number of nitrogens with zero attached hydrogens (tertiary/aromatic N) is 2. The van der Waals surface area contributed by atoms with E-state index in [1.165, 1.54) is 6.26 Å². The molecule has 2 rings (SSSR count). The van der Waals surface area contributed by atoms with Gasteiger partial charge < -0.3 is 14.2 Å². The van der Waals surface area contributed by atoms with Crippen LogP contribution in [0.2, 0.25) is 5.22 Å². The maximum Gasteiger partial charge on any atom is 0.252 e. The average molecular weight is 256 g/mol. The predicted octanol–water partition coefficient (Wildman–Crippen LogP) is 2.87. The minimum atomic E-state index is 0.00190. The fourth-order valence-corrected chi connectivity index (χ4v) is 1.42. The molecule has 0 bridgehead atoms. The normalized spacial score (nSPS) is 12.0. The molecule has 5 nitrogen and oxygen atoms in total. The summed E-state index contributed by atoms with van der Waals surface area (Å²) in [5.41, 5.74) is 0.614. The molecule has 0 aromatic carbocycles. The van der Waals surface area contributed by atoms with E-state index >= 15 is 0 Å². The van der Waals surface area contributed by atoms with Crippen molar-refractivity contribution in [2.75, 3.05) is 0 Å². The Balaban J connectivity index is 2.09. The number of hydrogen-bond donors (Lipinski definition) is 1. The number of rotatable bonds is 3. The summed E-state index contributed by atoms with van der Waals surface area (Å²) in [4.78, 5) is 0. The van der Waals surface area contributed by atoms with E-state index in [2.05, 4.69) is 36.3 Å². The Morgan fingerprint density at radius 2 is 2.12 bits per heavy atom. The van der Waals surface area contributed by atoms with Crippen molar-refractivity contribution >= 4 is 11.6 Å². The van der Waals surface area contributed by atoms with Gasteiger partial charge in [-0.15, -0.1) is 10.2 Å². The summed E-state index contributed by atoms with van der Waals surface area (Å²) in [7, 11) is 0. The Kier molecular flexibility index (Phi) is 3.22. The number of halogens is 1. The van der Waals surface area contributed by atoms with Crippen LogP contribution in [0.4, 0.5) is 0 Å². The predicted molar refractivity (Wildman–Crippen MR) is 63.6 cm³/mol. The van der Waals surface area contributed by atoms with Crippen LogP contribution in [0.5, 0.6) is 0 Å². The molecule has 0 saturated carbocycles. The van der Waals surface area contributed by atoms with Crippen molar-refractivity contribution in [2.45, 2.75) is 32.9 Å². The highest BCUT2D eigenvalue weighted by molar-refractivity contribution is 6.31. The standard InChI is InChI=1S/C11H14ClN3O2/c1-11(2,3)13-6-8-14-15-10(17-8)7-4-5-16-9(7)12/h4-5,13H,6H2,1-3H3. The lowest BCUT2D eigenvalue weighted by Crippen LogP contribution is -2.35. The van der Waals surface area contributed by atoms with Crippen LogP contribution in [0, 0.1) is 0 Å². The molecule has 0 spiro atoms. The zero-order valence-electron chi connectivity index (χ0n) is 9.95. The molecule has 92 valence electrons. The van der Waals surface area contributed by atoms with E-state index < -0.39 is 0 Å². The van der Waals surface area contributed by atoms with Crippen LogP contribution in [-0.4, -0.2) is 15.7 Å². The average Bonchev–Trinajstić information content (AvgIpc) is 2.81. The van der Waals surface area contributed by atoms with Crippen LogP contribution < -0.4 is 5.32 Å². The molecular weight excluding hydrogens is 242 g/mol. The van der Waals surface area contributed by atoms with Crippen LogP contribution in [0.1, 0.15) is 26.7 Å². The molecule has 0 aliphatic rings. The summed E-state index contributed by atoms with van der Waals surface area (Å²) in [6.07, 6.45) is 1.48. The molecule has 2 aromatic heterocycles. The second-order valence-electron chi connectivity index (χ2n) is 4.71. The fourth-order valence-electron chi connectivity index (χ4n) is 1.22. The summed E-state index contributed by atoms with van der Waals surface area (Å²) >= 11 is 5.82. The highest BCUT2D eigenvalue weighted by Crippen LogP contribution is 2.27. The monoisotopic (exact) mass is 255 g/mol. The van der Waals surface area contributed by atoms with Gasteiger partial charge in [-0.1, -0.05) is 0 Å². The van der Waals surface area contributed by atoms with E-state index in [1.807, 2.05) is 0 Å². The Morgan fingerprint density at radius 3 is 2.71 bits per heavy atom. The zero-order valence-corrected chi connectivity index (χ0v) is 10.7. The lowest BCUT2D eigenvalue weighted by atomic mass is 10.1. The van der Waals surface area contributed by atoms with E-state index in [1.54, 1.807) is 6.07 Å². The van der Waals surface area contributed by atoms with Gasteiger partial charge in [-0.2, -0.15) is 0 Å². The third kappa shape index (κ3) is 3.08. The number of furan rings is 1. The molecule has 2 heterocycles. The van der Waals surface area contributed by atoms with Crippen molar-refractivity contribution in [3.05, 3.63) is 23.4 Å². The van der Waals surface area contributed by atoms with Gasteiger partial charge in [0.1, 0.15) is 0 Å². The Morgan fingerprint density at radius 1 is 1.35 bits per heavy atom. The SMILES string of the molecule is CC(C)(C)NCc1nnc(-c2ccoc2Cl)o1. The van der Waals surface area contributed by atoms with Crippen molar-refractivity contribution < 1.29 is 8.83 Å². The van der Waals surface area contributed by atoms with Gasteiger partial charge >= 0.3 is 0 Å². The molecule has 1 N–H and O–H groups in total. The second-order valence-corrected chi connectivity index (χ2v) is 5.06. The van der Waals surface area contributed by atoms with Gasteiger partial charge in [0.05, 0.1) is 18.4 Å². The Bertz CT molecular complexity index is 499. The maximum atomic E-state index is 5.82. The van der Waals surface area contributed by atoms with Crippen LogP contribution >= 0.6 is 11.6 Å². The molecular formula is C11H14ClN3O2. The third-order valence-corrected chi connectivity index (χ3v) is 2.38. The van der Waals surface area contributed by atoms with Crippen molar-refractivity contribution in [1.29, 1.82) is 0 Å². The topological polar surface area (TPSA) is 64.1 Å². The first-order valence-electron chi connectivity index (χ1n) is 5.26. The molecule has 0 aliphatic heterocycles. The van der Waals surface area contributed by atoms with Gasteiger partial charge in [-0.3, -0.25) is 0 Å². The molecule has 0 saturated heterocycles. The summed E-state index contributed by atoms with van der Waals surface area (Å²) in [6, 6.07) is 1.69. The highest BCUT2D eigenvalue weighted by atomic mass is 35.5. The van der Waals surface area contributed by atoms with Crippen LogP contribution in [0.15, 0.2) is 21.2 Å². The lowest BCUT2D eigenvalue weighted by Gasteiger charge is -2.18. The summed E-state index contributed by atoms with van der Waals surface area (Å²) in [5, 5.41) is 11.4. The van der Waals surface area contributed by atoms with Gasteiger partial charge in [0, 0.05) is 5.54 Å². The Hall–Kier alpha value is -1.33. The van der Waals surface area contributed by atoms with Crippen molar-refractivity contribution in [3.63, 3.8) is 0 Å². The largest absolute Gasteiger partial charge is 0.452 e. The molecule has 0 aliphatic carbocycles. The van der Waals surface area contributed by atoms with E-state index in [-0.39, 0.29) is 10.8 Å². The maximum absolute atomic E-state index is 5.82. The van der Waals surface area contributed by atoms with Gasteiger partial charge in [0.25, 0.3) is 5.89 Å². The molecule has 0 radical (unpaired) electrons. The van der Waals surface area contributed by atoms with E-state index in [4.69, 9.17) is 20.4 Å². The first-order chi connectivity index (χ1) is 7.96. The summed E-state index contributed by atoms with van der Waals surface area (Å²) < 4.78 is 10.4. The van der Waals surface area contributed by atoms with E-state index in [0.29, 0.717) is 23.9 Å². The quantitative estimate of drug-likeness (QED) is 0.914. The lowest BCUT2D eigenvalue weighted by molar-refractivity contribution is 0.383. The van der Waals surface area contributed by atoms with Crippen LogP contribution in [0.3, 0.4) is 0 Å². The summed E-state index contributed by atoms with van der Waals surface area (Å²) in [5.74, 6) is 0.890. The summed E-state index contributed by atoms with van der Waals surface area (Å²) in [6.45, 7) is 6.72. The number of hydrogen-bond acceptors (Lipinski definition) is 5. The zero-order chi connectivity index (χ0) is 12.5. The van der Waals surface area contributed by atoms with Gasteiger partial charge in [-0.05, 0) is 38.4 Å². The molecule has 0 unspecified atom stereocenters. The van der Waals surface area contributed by atoms with Gasteiger partial charge in [0.15, 0.2) is 0 Å².